The third kappa shape index (κ3) is 4.06. The van der Waals surface area contributed by atoms with Crippen molar-refractivity contribution in [2.45, 2.75) is 63.7 Å². The van der Waals surface area contributed by atoms with Gasteiger partial charge >= 0.3 is 0 Å². The zero-order chi connectivity index (χ0) is 14.3. The topological polar surface area (TPSA) is 0 Å². The Morgan fingerprint density at radius 2 is 1.37 bits per heavy atom. The Morgan fingerprint density at radius 1 is 0.895 bits per heavy atom. The number of rotatable bonds is 5. The number of benzene rings is 1. The second kappa shape index (κ2) is 4.89. The van der Waals surface area contributed by atoms with Crippen LogP contribution in [0.1, 0.15) is 17.9 Å². The summed E-state index contributed by atoms with van der Waals surface area (Å²) >= 11 is 0. The van der Waals surface area contributed by atoms with E-state index >= 15 is 0 Å². The summed E-state index contributed by atoms with van der Waals surface area (Å²) in [5.41, 5.74) is 2.26. The molecule has 1 aliphatic carbocycles. The minimum absolute atomic E-state index is 0.663. The maximum absolute atomic E-state index is 2.54. The Morgan fingerprint density at radius 3 is 1.79 bits per heavy atom. The van der Waals surface area contributed by atoms with Crippen LogP contribution in [0.3, 0.4) is 0 Å². The molecule has 1 atom stereocenters. The van der Waals surface area contributed by atoms with Crippen LogP contribution in [-0.4, -0.2) is 16.1 Å². The van der Waals surface area contributed by atoms with Gasteiger partial charge in [-0.3, -0.25) is 0 Å². The molecule has 106 valence electrons. The lowest BCUT2D eigenvalue weighted by Gasteiger charge is -2.31. The largest absolute Gasteiger partial charge is 0.0695 e. The molecular weight excluding hydrogens is 260 g/mol. The van der Waals surface area contributed by atoms with E-state index in [1.54, 1.807) is 5.56 Å². The monoisotopic (exact) mass is 290 g/mol. The van der Waals surface area contributed by atoms with E-state index in [1.807, 2.05) is 0 Å². The fraction of sp³-hybridized carbons (Fsp3) is 0.647. The van der Waals surface area contributed by atoms with Gasteiger partial charge < -0.3 is 0 Å². The normalized spacial score (nSPS) is 22.3. The molecule has 0 nitrogen and oxygen atoms in total. The molecular formula is C17H30Si2. The van der Waals surface area contributed by atoms with Crippen molar-refractivity contribution in [1.82, 2.24) is 0 Å². The fourth-order valence-electron chi connectivity index (χ4n) is 4.07. The van der Waals surface area contributed by atoms with Gasteiger partial charge in [0.1, 0.15) is 0 Å². The summed E-state index contributed by atoms with van der Waals surface area (Å²) in [5.74, 6) is 0.854. The molecule has 1 unspecified atom stereocenters. The second-order valence-electron chi connectivity index (χ2n) is 9.00. The molecule has 0 aliphatic heterocycles. The molecule has 19 heavy (non-hydrogen) atoms. The minimum atomic E-state index is -0.982. The van der Waals surface area contributed by atoms with Gasteiger partial charge in [0.05, 0.1) is 0 Å². The maximum Gasteiger partial charge on any atom is 0.0448 e. The van der Waals surface area contributed by atoms with Crippen LogP contribution in [0.2, 0.25) is 51.4 Å². The summed E-state index contributed by atoms with van der Waals surface area (Å²) in [5, 5.41) is 0. The number of hydrogen-bond donors (Lipinski definition) is 0. The summed E-state index contributed by atoms with van der Waals surface area (Å²) in [6, 6.07) is 14.3. The predicted molar refractivity (Wildman–Crippen MR) is 92.5 cm³/mol. The lowest BCUT2D eigenvalue weighted by Crippen LogP contribution is -2.31. The maximum atomic E-state index is 2.54. The van der Waals surface area contributed by atoms with Crippen LogP contribution in [0.15, 0.2) is 30.3 Å². The molecule has 1 aromatic rings. The Balaban J connectivity index is 2.20. The highest BCUT2D eigenvalue weighted by atomic mass is 28.3. The van der Waals surface area contributed by atoms with Crippen molar-refractivity contribution in [3.8, 4) is 0 Å². The van der Waals surface area contributed by atoms with E-state index < -0.39 is 16.1 Å². The molecule has 2 rings (SSSR count). The first kappa shape index (κ1) is 15.1. The number of hydrogen-bond acceptors (Lipinski definition) is 0. The summed E-state index contributed by atoms with van der Waals surface area (Å²) in [7, 11) is -1.96. The minimum Gasteiger partial charge on any atom is -0.0695 e. The van der Waals surface area contributed by atoms with Crippen LogP contribution in [0.5, 0.6) is 0 Å². The molecule has 0 saturated heterocycles. The third-order valence-electron chi connectivity index (χ3n) is 4.16. The quantitative estimate of drug-likeness (QED) is 0.598. The van der Waals surface area contributed by atoms with E-state index in [2.05, 4.69) is 69.6 Å². The SMILES string of the molecule is C[Si](C)(C)CC1(C[Si](C)(C)C)CC1c1ccccc1. The third-order valence-corrected chi connectivity index (χ3v) is 7.69. The van der Waals surface area contributed by atoms with Gasteiger partial charge in [0.2, 0.25) is 0 Å². The van der Waals surface area contributed by atoms with Gasteiger partial charge in [0.15, 0.2) is 0 Å². The summed E-state index contributed by atoms with van der Waals surface area (Å²) in [4.78, 5) is 0. The molecule has 1 aromatic carbocycles. The van der Waals surface area contributed by atoms with Gasteiger partial charge in [-0.2, -0.15) is 0 Å². The molecule has 2 heteroatoms. The average Bonchev–Trinajstić information content (AvgIpc) is 2.87. The van der Waals surface area contributed by atoms with Crippen molar-refractivity contribution in [2.75, 3.05) is 0 Å². The van der Waals surface area contributed by atoms with Crippen LogP contribution in [-0.2, 0) is 0 Å². The molecule has 1 saturated carbocycles. The van der Waals surface area contributed by atoms with Crippen LogP contribution >= 0.6 is 0 Å². The van der Waals surface area contributed by atoms with Crippen LogP contribution in [0, 0.1) is 5.41 Å². The van der Waals surface area contributed by atoms with Crippen molar-refractivity contribution in [3.63, 3.8) is 0 Å². The van der Waals surface area contributed by atoms with Crippen molar-refractivity contribution in [3.05, 3.63) is 35.9 Å². The smallest absolute Gasteiger partial charge is 0.0448 e. The van der Waals surface area contributed by atoms with Gasteiger partial charge in [-0.25, -0.2) is 0 Å². The highest BCUT2D eigenvalue weighted by Crippen LogP contribution is 2.67. The summed E-state index contributed by atoms with van der Waals surface area (Å²) in [6.07, 6.45) is 1.45. The molecule has 0 spiro atoms. The van der Waals surface area contributed by atoms with E-state index in [9.17, 15) is 0 Å². The first-order valence-corrected chi connectivity index (χ1v) is 15.1. The van der Waals surface area contributed by atoms with E-state index in [-0.39, 0.29) is 0 Å². The first-order chi connectivity index (χ1) is 8.61. The Labute approximate surface area is 121 Å². The Bertz CT molecular complexity index is 407. The first-order valence-electron chi connectivity index (χ1n) is 7.66. The lowest BCUT2D eigenvalue weighted by molar-refractivity contribution is 0.598. The average molecular weight is 291 g/mol. The fourth-order valence-corrected chi connectivity index (χ4v) is 9.58. The summed E-state index contributed by atoms with van der Waals surface area (Å²) in [6.45, 7) is 15.2. The van der Waals surface area contributed by atoms with Gasteiger partial charge in [-0.1, -0.05) is 81.7 Å². The highest BCUT2D eigenvalue weighted by molar-refractivity contribution is 6.78. The molecule has 0 amide bonds. The molecule has 0 heterocycles. The van der Waals surface area contributed by atoms with Gasteiger partial charge in [0.25, 0.3) is 0 Å². The lowest BCUT2D eigenvalue weighted by atomic mass is 10.0. The van der Waals surface area contributed by atoms with Gasteiger partial charge in [-0.05, 0) is 23.3 Å². The highest BCUT2D eigenvalue weighted by Gasteiger charge is 2.57. The van der Waals surface area contributed by atoms with Crippen molar-refractivity contribution in [2.24, 2.45) is 5.41 Å². The van der Waals surface area contributed by atoms with Crippen LogP contribution < -0.4 is 0 Å². The second-order valence-corrected chi connectivity index (χ2v) is 20.0. The van der Waals surface area contributed by atoms with Crippen LogP contribution in [0.4, 0.5) is 0 Å². The molecule has 0 radical (unpaired) electrons. The predicted octanol–water partition coefficient (Wildman–Crippen LogP) is 5.84. The molecule has 0 aromatic heterocycles. The summed E-state index contributed by atoms with van der Waals surface area (Å²) < 4.78 is 0. The molecule has 1 fully saturated rings. The zero-order valence-electron chi connectivity index (χ0n) is 13.6. The zero-order valence-corrected chi connectivity index (χ0v) is 15.6. The Hall–Kier alpha value is -0.346. The van der Waals surface area contributed by atoms with Gasteiger partial charge in [-0.15, -0.1) is 0 Å². The van der Waals surface area contributed by atoms with E-state index in [0.29, 0.717) is 5.41 Å². The van der Waals surface area contributed by atoms with E-state index in [1.165, 1.54) is 18.5 Å². The van der Waals surface area contributed by atoms with Gasteiger partial charge in [0, 0.05) is 16.1 Å². The van der Waals surface area contributed by atoms with Crippen molar-refractivity contribution >= 4 is 16.1 Å². The molecule has 1 aliphatic rings. The van der Waals surface area contributed by atoms with E-state index in [0.717, 1.165) is 5.92 Å². The van der Waals surface area contributed by atoms with Crippen LogP contribution in [0.25, 0.3) is 0 Å². The molecule has 0 bridgehead atoms. The van der Waals surface area contributed by atoms with E-state index in [4.69, 9.17) is 0 Å². The van der Waals surface area contributed by atoms with Crippen molar-refractivity contribution < 1.29 is 0 Å². The van der Waals surface area contributed by atoms with Crippen molar-refractivity contribution in [1.29, 1.82) is 0 Å². The standard InChI is InChI=1S/C17H30Si2/c1-18(2,3)13-17(14-19(4,5)6)12-16(17)15-10-8-7-9-11-15/h7-11,16H,12-14H2,1-6H3. The Kier molecular flexibility index (Phi) is 3.87. The molecule has 0 N–H and O–H groups in total.